The molecule has 0 aliphatic heterocycles. The number of hydrogen-bond acceptors (Lipinski definition) is 4. The number of aryl methyl sites for hydroxylation is 1. The lowest BCUT2D eigenvalue weighted by Crippen LogP contribution is -1.89. The summed E-state index contributed by atoms with van der Waals surface area (Å²) in [6.45, 7) is 0.465. The van der Waals surface area contributed by atoms with E-state index in [1.54, 1.807) is 6.21 Å². The molecule has 0 atom stereocenters. The molecular formula is C25H22N2O2. The van der Waals surface area contributed by atoms with Gasteiger partial charge >= 0.3 is 0 Å². The van der Waals surface area contributed by atoms with Crippen molar-refractivity contribution in [3.63, 3.8) is 0 Å². The predicted molar refractivity (Wildman–Crippen MR) is 115 cm³/mol. The van der Waals surface area contributed by atoms with Crippen LogP contribution in [0.5, 0.6) is 0 Å². The van der Waals surface area contributed by atoms with E-state index in [1.165, 1.54) is 0 Å². The third-order valence-corrected chi connectivity index (χ3v) is 4.47. The first kappa shape index (κ1) is 18.7. The van der Waals surface area contributed by atoms with E-state index in [0.29, 0.717) is 25.3 Å². The van der Waals surface area contributed by atoms with E-state index in [4.69, 9.17) is 14.2 Å². The maximum Gasteiger partial charge on any atom is 0.195 e. The highest BCUT2D eigenvalue weighted by molar-refractivity contribution is 5.76. The smallest absolute Gasteiger partial charge is 0.195 e. The standard InChI is InChI=1S/C25H22N2O2/c1-4-11-20(12-5-1)19-28-26-18-10-17-23-27-24(21-13-6-2-7-14-21)25(29-23)22-15-8-3-9-16-22/h1-9,11-16,18H,10,17,19H2/b26-18+. The van der Waals surface area contributed by atoms with Gasteiger partial charge in [0.25, 0.3) is 0 Å². The summed E-state index contributed by atoms with van der Waals surface area (Å²) < 4.78 is 6.12. The van der Waals surface area contributed by atoms with Crippen LogP contribution in [0, 0.1) is 0 Å². The molecule has 4 heteroatoms. The van der Waals surface area contributed by atoms with Gasteiger partial charge in [-0.1, -0.05) is 96.2 Å². The summed E-state index contributed by atoms with van der Waals surface area (Å²) in [5.41, 5.74) is 4.02. The van der Waals surface area contributed by atoms with Gasteiger partial charge in [-0.2, -0.15) is 0 Å². The van der Waals surface area contributed by atoms with Gasteiger partial charge in [0, 0.05) is 23.8 Å². The molecule has 0 N–H and O–H groups in total. The van der Waals surface area contributed by atoms with Crippen molar-refractivity contribution in [3.05, 3.63) is 102 Å². The molecule has 1 aromatic heterocycles. The van der Waals surface area contributed by atoms with E-state index in [1.807, 2.05) is 91.0 Å². The molecular weight excluding hydrogens is 360 g/mol. The third kappa shape index (κ3) is 4.99. The molecule has 1 heterocycles. The number of nitrogens with zero attached hydrogens (tertiary/aromatic N) is 2. The molecule has 4 rings (SSSR count). The van der Waals surface area contributed by atoms with Gasteiger partial charge in [0.1, 0.15) is 12.3 Å². The molecule has 0 aliphatic carbocycles. The molecule has 0 fully saturated rings. The van der Waals surface area contributed by atoms with E-state index in [2.05, 4.69) is 5.16 Å². The maximum absolute atomic E-state index is 6.12. The van der Waals surface area contributed by atoms with Gasteiger partial charge in [0.2, 0.25) is 0 Å². The molecule has 0 unspecified atom stereocenters. The Bertz CT molecular complexity index is 985. The van der Waals surface area contributed by atoms with Crippen molar-refractivity contribution < 1.29 is 9.25 Å². The second kappa shape index (κ2) is 9.51. The summed E-state index contributed by atoms with van der Waals surface area (Å²) >= 11 is 0. The van der Waals surface area contributed by atoms with Crippen molar-refractivity contribution >= 4 is 6.21 Å². The summed E-state index contributed by atoms with van der Waals surface area (Å²) in [6, 6.07) is 30.2. The lowest BCUT2D eigenvalue weighted by molar-refractivity contribution is 0.131. The van der Waals surface area contributed by atoms with Crippen LogP contribution >= 0.6 is 0 Å². The van der Waals surface area contributed by atoms with Crippen LogP contribution in [-0.4, -0.2) is 11.2 Å². The molecule has 0 spiro atoms. The summed E-state index contributed by atoms with van der Waals surface area (Å²) in [5.74, 6) is 1.49. The Morgan fingerprint density at radius 3 is 2.10 bits per heavy atom. The Labute approximate surface area is 170 Å². The Morgan fingerprint density at radius 2 is 1.41 bits per heavy atom. The van der Waals surface area contributed by atoms with Crippen LogP contribution in [-0.2, 0) is 17.9 Å². The predicted octanol–water partition coefficient (Wildman–Crippen LogP) is 6.14. The molecule has 29 heavy (non-hydrogen) atoms. The Balaban J connectivity index is 1.43. The third-order valence-electron chi connectivity index (χ3n) is 4.47. The summed E-state index contributed by atoms with van der Waals surface area (Å²) in [7, 11) is 0. The minimum atomic E-state index is 0.465. The summed E-state index contributed by atoms with van der Waals surface area (Å²) in [6.07, 6.45) is 3.11. The van der Waals surface area contributed by atoms with Gasteiger partial charge in [-0.15, -0.1) is 0 Å². The van der Waals surface area contributed by atoms with Crippen LogP contribution in [0.15, 0.2) is 101 Å². The quantitative estimate of drug-likeness (QED) is 0.271. The maximum atomic E-state index is 6.12. The number of aromatic nitrogens is 1. The molecule has 0 aliphatic rings. The lowest BCUT2D eigenvalue weighted by atomic mass is 10.1. The van der Waals surface area contributed by atoms with Crippen LogP contribution < -0.4 is 0 Å². The highest BCUT2D eigenvalue weighted by atomic mass is 16.6. The fourth-order valence-electron chi connectivity index (χ4n) is 3.03. The first-order valence-electron chi connectivity index (χ1n) is 9.68. The zero-order chi connectivity index (χ0) is 19.7. The summed E-state index contributed by atoms with van der Waals surface area (Å²) in [4.78, 5) is 10.1. The van der Waals surface area contributed by atoms with Gasteiger partial charge in [-0.25, -0.2) is 4.98 Å². The average Bonchev–Trinajstić information content (AvgIpc) is 3.22. The van der Waals surface area contributed by atoms with E-state index >= 15 is 0 Å². The molecule has 0 saturated heterocycles. The van der Waals surface area contributed by atoms with Crippen molar-refractivity contribution in [1.82, 2.24) is 4.98 Å². The SMILES string of the molecule is C(/CCc1nc(-c2ccccc2)c(-c2ccccc2)o1)=N\OCc1ccccc1. The molecule has 4 nitrogen and oxygen atoms in total. The molecule has 0 amide bonds. The molecule has 0 radical (unpaired) electrons. The second-order valence-corrected chi connectivity index (χ2v) is 6.60. The Kier molecular flexibility index (Phi) is 6.13. The van der Waals surface area contributed by atoms with Crippen molar-refractivity contribution in [1.29, 1.82) is 0 Å². The number of benzene rings is 3. The van der Waals surface area contributed by atoms with E-state index in [-0.39, 0.29) is 0 Å². The van der Waals surface area contributed by atoms with Crippen LogP contribution in [0.1, 0.15) is 17.9 Å². The molecule has 144 valence electrons. The molecule has 0 saturated carbocycles. The lowest BCUT2D eigenvalue weighted by Gasteiger charge is -2.00. The van der Waals surface area contributed by atoms with E-state index in [9.17, 15) is 0 Å². The monoisotopic (exact) mass is 382 g/mol. The van der Waals surface area contributed by atoms with Gasteiger partial charge in [0.05, 0.1) is 0 Å². The molecule has 3 aromatic carbocycles. The van der Waals surface area contributed by atoms with Crippen molar-refractivity contribution in [3.8, 4) is 22.6 Å². The topological polar surface area (TPSA) is 47.6 Å². The summed E-state index contributed by atoms with van der Waals surface area (Å²) in [5, 5.41) is 4.03. The number of rotatable bonds is 8. The van der Waals surface area contributed by atoms with Crippen LogP contribution in [0.4, 0.5) is 0 Å². The van der Waals surface area contributed by atoms with E-state index in [0.717, 1.165) is 28.1 Å². The first-order chi connectivity index (χ1) is 14.4. The fourth-order valence-corrected chi connectivity index (χ4v) is 3.03. The number of oxazole rings is 1. The zero-order valence-corrected chi connectivity index (χ0v) is 16.1. The minimum absolute atomic E-state index is 0.465. The molecule has 4 aromatic rings. The van der Waals surface area contributed by atoms with Crippen LogP contribution in [0.2, 0.25) is 0 Å². The van der Waals surface area contributed by atoms with Gasteiger partial charge in [-0.05, 0) is 12.0 Å². The Hall–Kier alpha value is -3.66. The second-order valence-electron chi connectivity index (χ2n) is 6.60. The zero-order valence-electron chi connectivity index (χ0n) is 16.1. The average molecular weight is 382 g/mol. The molecule has 0 bridgehead atoms. The van der Waals surface area contributed by atoms with Crippen molar-refractivity contribution in [2.24, 2.45) is 5.16 Å². The van der Waals surface area contributed by atoms with Gasteiger partial charge in [-0.3, -0.25) is 0 Å². The van der Waals surface area contributed by atoms with Crippen molar-refractivity contribution in [2.75, 3.05) is 0 Å². The van der Waals surface area contributed by atoms with Gasteiger partial charge in [0.15, 0.2) is 11.7 Å². The fraction of sp³-hybridized carbons (Fsp3) is 0.120. The van der Waals surface area contributed by atoms with E-state index < -0.39 is 0 Å². The first-order valence-corrected chi connectivity index (χ1v) is 9.68. The van der Waals surface area contributed by atoms with Crippen LogP contribution in [0.25, 0.3) is 22.6 Å². The van der Waals surface area contributed by atoms with Crippen LogP contribution in [0.3, 0.4) is 0 Å². The number of oxime groups is 1. The highest BCUT2D eigenvalue weighted by Gasteiger charge is 2.16. The number of hydrogen-bond donors (Lipinski definition) is 0. The van der Waals surface area contributed by atoms with Crippen molar-refractivity contribution in [2.45, 2.75) is 19.4 Å². The van der Waals surface area contributed by atoms with Gasteiger partial charge < -0.3 is 9.25 Å². The Morgan fingerprint density at radius 1 is 0.793 bits per heavy atom. The highest BCUT2D eigenvalue weighted by Crippen LogP contribution is 2.32. The normalized spacial score (nSPS) is 11.0. The minimum Gasteiger partial charge on any atom is -0.440 e. The largest absolute Gasteiger partial charge is 0.440 e.